The number of nitrogens with one attached hydrogen (secondary N) is 1. The molecule has 25 heavy (non-hydrogen) atoms. The predicted octanol–water partition coefficient (Wildman–Crippen LogP) is 2.26. The lowest BCUT2D eigenvalue weighted by atomic mass is 10.2. The third kappa shape index (κ3) is 5.15. The largest absolute Gasteiger partial charge is 0.465 e. The van der Waals surface area contributed by atoms with Gasteiger partial charge in [0.1, 0.15) is 22.9 Å². The number of carbonyl (C=O) groups is 2. The first-order chi connectivity index (χ1) is 11.9. The van der Waals surface area contributed by atoms with E-state index in [9.17, 15) is 14.0 Å². The number of amides is 1. The zero-order valence-electron chi connectivity index (χ0n) is 14.5. The van der Waals surface area contributed by atoms with Gasteiger partial charge in [0.2, 0.25) is 5.91 Å². The van der Waals surface area contributed by atoms with E-state index < -0.39 is 5.97 Å². The molecule has 0 spiro atoms. The lowest BCUT2D eigenvalue weighted by Gasteiger charge is -2.15. The molecule has 0 fully saturated rings. The number of carbonyl (C=O) groups excluding carboxylic acids is 2. The number of hydrogen-bond donors (Lipinski definition) is 1. The average Bonchev–Trinajstić information content (AvgIpc) is 2.93. The van der Waals surface area contributed by atoms with Gasteiger partial charge in [0, 0.05) is 12.1 Å². The molecule has 2 aromatic rings. The number of benzene rings is 1. The Bertz CT molecular complexity index is 757. The SMILES string of the molecule is COC(=O)c1cc(CN(C)CC(=O)NCc2ccccc2F)oc1C. The average molecular weight is 348 g/mol. The van der Waals surface area contributed by atoms with Crippen molar-refractivity contribution in [3.05, 3.63) is 58.8 Å². The van der Waals surface area contributed by atoms with Gasteiger partial charge in [-0.15, -0.1) is 0 Å². The number of rotatable bonds is 7. The molecule has 0 radical (unpaired) electrons. The summed E-state index contributed by atoms with van der Waals surface area (Å²) in [6.07, 6.45) is 0. The van der Waals surface area contributed by atoms with Crippen LogP contribution in [0.15, 0.2) is 34.7 Å². The van der Waals surface area contributed by atoms with Crippen LogP contribution in [-0.4, -0.2) is 37.5 Å². The number of esters is 1. The Morgan fingerprint density at radius 3 is 2.72 bits per heavy atom. The van der Waals surface area contributed by atoms with E-state index in [2.05, 4.69) is 10.1 Å². The number of methoxy groups -OCH3 is 1. The van der Waals surface area contributed by atoms with Gasteiger partial charge in [0.25, 0.3) is 0 Å². The van der Waals surface area contributed by atoms with Crippen LogP contribution in [0.25, 0.3) is 0 Å². The van der Waals surface area contributed by atoms with Gasteiger partial charge in [-0.2, -0.15) is 0 Å². The molecule has 0 aliphatic rings. The maximum Gasteiger partial charge on any atom is 0.341 e. The van der Waals surface area contributed by atoms with Gasteiger partial charge in [-0.25, -0.2) is 9.18 Å². The normalized spacial score (nSPS) is 10.8. The highest BCUT2D eigenvalue weighted by atomic mass is 19.1. The van der Waals surface area contributed by atoms with E-state index in [1.54, 1.807) is 43.1 Å². The van der Waals surface area contributed by atoms with Gasteiger partial charge in [-0.3, -0.25) is 9.69 Å². The maximum absolute atomic E-state index is 13.5. The van der Waals surface area contributed by atoms with Crippen molar-refractivity contribution >= 4 is 11.9 Å². The molecule has 134 valence electrons. The topological polar surface area (TPSA) is 71.8 Å². The van der Waals surface area contributed by atoms with Crippen LogP contribution in [0.2, 0.25) is 0 Å². The number of aryl methyl sites for hydroxylation is 1. The molecule has 0 unspecified atom stereocenters. The van der Waals surface area contributed by atoms with Crippen molar-refractivity contribution in [2.45, 2.75) is 20.0 Å². The highest BCUT2D eigenvalue weighted by Crippen LogP contribution is 2.16. The summed E-state index contributed by atoms with van der Waals surface area (Å²) < 4.78 is 23.7. The summed E-state index contributed by atoms with van der Waals surface area (Å²) in [5.74, 6) is -0.0147. The third-order valence-corrected chi connectivity index (χ3v) is 3.65. The van der Waals surface area contributed by atoms with E-state index >= 15 is 0 Å². The van der Waals surface area contributed by atoms with Gasteiger partial charge in [-0.05, 0) is 26.1 Å². The quantitative estimate of drug-likeness (QED) is 0.777. The fourth-order valence-corrected chi connectivity index (χ4v) is 2.39. The second kappa shape index (κ2) is 8.43. The van der Waals surface area contributed by atoms with Crippen molar-refractivity contribution < 1.29 is 23.1 Å². The molecule has 0 saturated heterocycles. The highest BCUT2D eigenvalue weighted by molar-refractivity contribution is 5.90. The Balaban J connectivity index is 1.85. The molecule has 7 heteroatoms. The van der Waals surface area contributed by atoms with Crippen molar-refractivity contribution in [3.8, 4) is 0 Å². The Morgan fingerprint density at radius 1 is 1.32 bits per heavy atom. The van der Waals surface area contributed by atoms with Crippen molar-refractivity contribution in [1.82, 2.24) is 10.2 Å². The van der Waals surface area contributed by atoms with Crippen LogP contribution in [0.5, 0.6) is 0 Å². The van der Waals surface area contributed by atoms with E-state index in [4.69, 9.17) is 4.42 Å². The Morgan fingerprint density at radius 2 is 2.04 bits per heavy atom. The van der Waals surface area contributed by atoms with Crippen LogP contribution in [0.4, 0.5) is 4.39 Å². The van der Waals surface area contributed by atoms with Crippen LogP contribution in [0.1, 0.15) is 27.4 Å². The van der Waals surface area contributed by atoms with E-state index in [1.165, 1.54) is 13.2 Å². The predicted molar refractivity (Wildman–Crippen MR) is 89.4 cm³/mol. The van der Waals surface area contributed by atoms with Crippen molar-refractivity contribution in [1.29, 1.82) is 0 Å². The van der Waals surface area contributed by atoms with Crippen molar-refractivity contribution in [3.63, 3.8) is 0 Å². The maximum atomic E-state index is 13.5. The first kappa shape index (κ1) is 18.7. The molecule has 2 rings (SSSR count). The standard InChI is InChI=1S/C18H21FN2O4/c1-12-15(18(23)24-3)8-14(25-12)10-21(2)11-17(22)20-9-13-6-4-5-7-16(13)19/h4-8H,9-11H2,1-3H3,(H,20,22). The summed E-state index contributed by atoms with van der Waals surface area (Å²) in [7, 11) is 3.05. The molecule has 1 heterocycles. The molecule has 1 amide bonds. The smallest absolute Gasteiger partial charge is 0.341 e. The second-order valence-corrected chi connectivity index (χ2v) is 5.71. The summed E-state index contributed by atoms with van der Waals surface area (Å²) >= 11 is 0. The first-order valence-electron chi connectivity index (χ1n) is 7.77. The summed E-state index contributed by atoms with van der Waals surface area (Å²) in [5.41, 5.74) is 0.804. The van der Waals surface area contributed by atoms with Crippen LogP contribution >= 0.6 is 0 Å². The number of likely N-dealkylation sites (N-methyl/N-ethyl adjacent to an activating group) is 1. The molecule has 0 saturated carbocycles. The minimum absolute atomic E-state index is 0.113. The lowest BCUT2D eigenvalue weighted by Crippen LogP contribution is -2.34. The van der Waals surface area contributed by atoms with Crippen LogP contribution in [-0.2, 0) is 22.6 Å². The van der Waals surface area contributed by atoms with Gasteiger partial charge in [0.15, 0.2) is 0 Å². The fourth-order valence-electron chi connectivity index (χ4n) is 2.39. The molecule has 6 nitrogen and oxygen atoms in total. The third-order valence-electron chi connectivity index (χ3n) is 3.65. The molecular formula is C18H21FN2O4. The van der Waals surface area contributed by atoms with Gasteiger partial charge in [0.05, 0.1) is 20.2 Å². The summed E-state index contributed by atoms with van der Waals surface area (Å²) in [5, 5.41) is 2.68. The Hall–Kier alpha value is -2.67. The molecule has 0 bridgehead atoms. The van der Waals surface area contributed by atoms with Crippen LogP contribution in [0, 0.1) is 12.7 Å². The summed E-state index contributed by atoms with van der Waals surface area (Å²) in [6, 6.07) is 7.90. The Kier molecular flexibility index (Phi) is 6.30. The highest BCUT2D eigenvalue weighted by Gasteiger charge is 2.17. The van der Waals surface area contributed by atoms with Gasteiger partial charge in [-0.1, -0.05) is 18.2 Å². The molecule has 1 aromatic carbocycles. The van der Waals surface area contributed by atoms with Crippen LogP contribution in [0.3, 0.4) is 0 Å². The number of ether oxygens (including phenoxy) is 1. The number of furan rings is 1. The molecular weight excluding hydrogens is 327 g/mol. The number of halogens is 1. The van der Waals surface area contributed by atoms with Crippen molar-refractivity contribution in [2.75, 3.05) is 20.7 Å². The minimum atomic E-state index is -0.460. The van der Waals surface area contributed by atoms with Crippen LogP contribution < -0.4 is 5.32 Å². The zero-order chi connectivity index (χ0) is 18.4. The number of hydrogen-bond acceptors (Lipinski definition) is 5. The first-order valence-corrected chi connectivity index (χ1v) is 7.77. The minimum Gasteiger partial charge on any atom is -0.465 e. The van der Waals surface area contributed by atoms with E-state index in [-0.39, 0.29) is 24.8 Å². The molecule has 1 aromatic heterocycles. The van der Waals surface area contributed by atoms with E-state index in [0.29, 0.717) is 29.2 Å². The second-order valence-electron chi connectivity index (χ2n) is 5.71. The van der Waals surface area contributed by atoms with E-state index in [0.717, 1.165) is 0 Å². The molecule has 0 aliphatic heterocycles. The fraction of sp³-hybridized carbons (Fsp3) is 0.333. The monoisotopic (exact) mass is 348 g/mol. The lowest BCUT2D eigenvalue weighted by molar-refractivity contribution is -0.122. The number of nitrogens with zero attached hydrogens (tertiary/aromatic N) is 1. The van der Waals surface area contributed by atoms with Gasteiger partial charge >= 0.3 is 5.97 Å². The Labute approximate surface area is 145 Å². The summed E-state index contributed by atoms with van der Waals surface area (Å²) in [6.45, 7) is 2.27. The zero-order valence-corrected chi connectivity index (χ0v) is 14.5. The molecule has 0 atom stereocenters. The van der Waals surface area contributed by atoms with Gasteiger partial charge < -0.3 is 14.5 Å². The van der Waals surface area contributed by atoms with E-state index in [1.807, 2.05) is 0 Å². The summed E-state index contributed by atoms with van der Waals surface area (Å²) in [4.78, 5) is 25.3. The molecule has 1 N–H and O–H groups in total. The van der Waals surface area contributed by atoms with Crippen molar-refractivity contribution in [2.24, 2.45) is 0 Å². The molecule has 0 aliphatic carbocycles.